The van der Waals surface area contributed by atoms with Gasteiger partial charge in [-0.15, -0.1) is 0 Å². The average Bonchev–Trinajstić information content (AvgIpc) is 2.36. The Morgan fingerprint density at radius 3 is 3.00 bits per heavy atom. The van der Waals surface area contributed by atoms with E-state index in [1.165, 1.54) is 32.2 Å². The van der Waals surface area contributed by atoms with E-state index in [9.17, 15) is 4.79 Å². The van der Waals surface area contributed by atoms with Crippen LogP contribution in [0.25, 0.3) is 0 Å². The first-order valence-corrected chi connectivity index (χ1v) is 8.00. The van der Waals surface area contributed by atoms with E-state index in [0.717, 1.165) is 5.75 Å². The number of carbonyl (C=O) groups is 1. The van der Waals surface area contributed by atoms with E-state index in [1.807, 2.05) is 0 Å². The number of ether oxygens (including phenoxy) is 1. The molecule has 0 aromatic rings. The molecule has 0 bridgehead atoms. The minimum atomic E-state index is -0.473. The summed E-state index contributed by atoms with van der Waals surface area (Å²) in [5.74, 6) is 1.46. The molecule has 0 radical (unpaired) electrons. The van der Waals surface area contributed by atoms with Crippen LogP contribution in [0.2, 0.25) is 0 Å². The molecule has 1 aliphatic rings. The van der Waals surface area contributed by atoms with Crippen molar-refractivity contribution in [1.82, 2.24) is 4.90 Å². The number of nitrogens with two attached hydrogens (primary N) is 1. The summed E-state index contributed by atoms with van der Waals surface area (Å²) < 4.78 is 4.88. The van der Waals surface area contributed by atoms with Gasteiger partial charge in [-0.05, 0) is 45.5 Å². The van der Waals surface area contributed by atoms with E-state index in [1.54, 1.807) is 18.7 Å². The first-order valence-electron chi connectivity index (χ1n) is 6.85. The first kappa shape index (κ1) is 15.8. The summed E-state index contributed by atoms with van der Waals surface area (Å²) in [6.07, 6.45) is 5.17. The number of nitrogens with zero attached hydrogens (tertiary/aromatic N) is 1. The van der Waals surface area contributed by atoms with Gasteiger partial charge in [0, 0.05) is 11.8 Å². The summed E-state index contributed by atoms with van der Waals surface area (Å²) in [6, 6.07) is 0.240. The van der Waals surface area contributed by atoms with Crippen molar-refractivity contribution in [2.45, 2.75) is 44.7 Å². The third-order valence-corrected chi connectivity index (χ3v) is 4.52. The van der Waals surface area contributed by atoms with Gasteiger partial charge in [-0.25, -0.2) is 0 Å². The Morgan fingerprint density at radius 1 is 1.56 bits per heavy atom. The Bertz CT molecular complexity index is 251. The van der Waals surface area contributed by atoms with Crippen LogP contribution < -0.4 is 5.73 Å². The topological polar surface area (TPSA) is 55.6 Å². The van der Waals surface area contributed by atoms with E-state index in [2.05, 4.69) is 11.9 Å². The lowest BCUT2D eigenvalue weighted by Gasteiger charge is -2.32. The zero-order valence-electron chi connectivity index (χ0n) is 11.6. The van der Waals surface area contributed by atoms with Gasteiger partial charge in [0.1, 0.15) is 6.04 Å². The predicted molar refractivity (Wildman–Crippen MR) is 76.8 cm³/mol. The van der Waals surface area contributed by atoms with Gasteiger partial charge in [-0.3, -0.25) is 4.79 Å². The summed E-state index contributed by atoms with van der Waals surface area (Å²) in [4.78, 5) is 13.8. The second-order valence-electron chi connectivity index (χ2n) is 4.85. The van der Waals surface area contributed by atoms with Gasteiger partial charge in [0.15, 0.2) is 0 Å². The molecule has 106 valence electrons. The van der Waals surface area contributed by atoms with Crippen LogP contribution in [0.15, 0.2) is 0 Å². The highest BCUT2D eigenvalue weighted by Crippen LogP contribution is 2.19. The molecule has 1 heterocycles. The lowest BCUT2D eigenvalue weighted by Crippen LogP contribution is -2.37. The molecule has 0 aromatic carbocycles. The normalized spacial score (nSPS) is 22.7. The molecule has 2 atom stereocenters. The molecule has 0 aromatic heterocycles. The number of hydrogen-bond donors (Lipinski definition) is 1. The molecule has 0 spiro atoms. The van der Waals surface area contributed by atoms with Crippen LogP contribution in [0, 0.1) is 0 Å². The van der Waals surface area contributed by atoms with Crippen LogP contribution in [0.3, 0.4) is 0 Å². The molecule has 0 aliphatic carbocycles. The summed E-state index contributed by atoms with van der Waals surface area (Å²) in [5.41, 5.74) is 5.74. The number of carbonyl (C=O) groups excluding carboxylic acids is 1. The molecule has 2 N–H and O–H groups in total. The summed E-state index contributed by atoms with van der Waals surface area (Å²) in [5, 5.41) is 0. The van der Waals surface area contributed by atoms with Gasteiger partial charge >= 0.3 is 5.97 Å². The second kappa shape index (κ2) is 8.77. The standard InChI is InChI=1S/C13H26N2O2S/c1-3-17-13(16)12(14)10-18-9-7-11-6-4-5-8-15(11)2/h11-12H,3-10,14H2,1-2H3. The summed E-state index contributed by atoms with van der Waals surface area (Å²) in [7, 11) is 2.21. The number of likely N-dealkylation sites (tertiary alicyclic amines) is 1. The first-order chi connectivity index (χ1) is 8.65. The van der Waals surface area contributed by atoms with E-state index in [4.69, 9.17) is 10.5 Å². The molecule has 18 heavy (non-hydrogen) atoms. The highest BCUT2D eigenvalue weighted by Gasteiger charge is 2.19. The fourth-order valence-electron chi connectivity index (χ4n) is 2.26. The van der Waals surface area contributed by atoms with Gasteiger partial charge in [0.2, 0.25) is 0 Å². The van der Waals surface area contributed by atoms with Crippen LogP contribution >= 0.6 is 11.8 Å². The second-order valence-corrected chi connectivity index (χ2v) is 6.00. The minimum absolute atomic E-state index is 0.278. The van der Waals surface area contributed by atoms with Crippen LogP contribution in [0.1, 0.15) is 32.6 Å². The molecule has 0 amide bonds. The highest BCUT2D eigenvalue weighted by atomic mass is 32.2. The molecular formula is C13H26N2O2S. The molecule has 1 aliphatic heterocycles. The van der Waals surface area contributed by atoms with Crippen LogP contribution in [-0.4, -0.2) is 54.7 Å². The molecule has 1 saturated heterocycles. The van der Waals surface area contributed by atoms with Crippen LogP contribution in [0.4, 0.5) is 0 Å². The van der Waals surface area contributed by atoms with Crippen LogP contribution in [0.5, 0.6) is 0 Å². The predicted octanol–water partition coefficient (Wildman–Crippen LogP) is 1.48. The number of rotatable bonds is 7. The molecule has 5 heteroatoms. The highest BCUT2D eigenvalue weighted by molar-refractivity contribution is 7.99. The van der Waals surface area contributed by atoms with Gasteiger partial charge < -0.3 is 15.4 Å². The Morgan fingerprint density at radius 2 is 2.33 bits per heavy atom. The fourth-order valence-corrected chi connectivity index (χ4v) is 3.25. The zero-order chi connectivity index (χ0) is 13.4. The maximum absolute atomic E-state index is 11.3. The molecule has 2 unspecified atom stereocenters. The minimum Gasteiger partial charge on any atom is -0.465 e. The lowest BCUT2D eigenvalue weighted by molar-refractivity contribution is -0.144. The maximum atomic E-state index is 11.3. The molecule has 1 fully saturated rings. The van der Waals surface area contributed by atoms with Gasteiger partial charge in [0.05, 0.1) is 6.61 Å². The van der Waals surface area contributed by atoms with E-state index < -0.39 is 6.04 Å². The lowest BCUT2D eigenvalue weighted by atomic mass is 10.0. The van der Waals surface area contributed by atoms with E-state index >= 15 is 0 Å². The Labute approximate surface area is 115 Å². The van der Waals surface area contributed by atoms with Crippen molar-refractivity contribution in [3.8, 4) is 0 Å². The number of thioether (sulfide) groups is 1. The zero-order valence-corrected chi connectivity index (χ0v) is 12.4. The SMILES string of the molecule is CCOC(=O)C(N)CSCCC1CCCCN1C. The van der Waals surface area contributed by atoms with Crippen molar-refractivity contribution >= 4 is 17.7 Å². The third-order valence-electron chi connectivity index (χ3n) is 3.40. The summed E-state index contributed by atoms with van der Waals surface area (Å²) >= 11 is 1.76. The Kier molecular flexibility index (Phi) is 7.70. The van der Waals surface area contributed by atoms with Crippen molar-refractivity contribution in [2.24, 2.45) is 5.73 Å². The van der Waals surface area contributed by atoms with Crippen molar-refractivity contribution < 1.29 is 9.53 Å². The average molecular weight is 274 g/mol. The quantitative estimate of drug-likeness (QED) is 0.563. The van der Waals surface area contributed by atoms with Crippen molar-refractivity contribution in [2.75, 3.05) is 31.7 Å². The molecule has 0 saturated carbocycles. The number of piperidine rings is 1. The number of esters is 1. The molecule has 1 rings (SSSR count). The Balaban J connectivity index is 2.08. The largest absolute Gasteiger partial charge is 0.465 e. The molecule has 4 nitrogen and oxygen atoms in total. The van der Waals surface area contributed by atoms with E-state index in [0.29, 0.717) is 18.4 Å². The van der Waals surface area contributed by atoms with Crippen LogP contribution in [-0.2, 0) is 9.53 Å². The van der Waals surface area contributed by atoms with Gasteiger partial charge in [0.25, 0.3) is 0 Å². The van der Waals surface area contributed by atoms with Gasteiger partial charge in [-0.2, -0.15) is 11.8 Å². The Hall–Kier alpha value is -0.260. The number of hydrogen-bond acceptors (Lipinski definition) is 5. The van der Waals surface area contributed by atoms with Crippen molar-refractivity contribution in [3.05, 3.63) is 0 Å². The third kappa shape index (κ3) is 5.59. The van der Waals surface area contributed by atoms with Crippen molar-refractivity contribution in [3.63, 3.8) is 0 Å². The fraction of sp³-hybridized carbons (Fsp3) is 0.923. The smallest absolute Gasteiger partial charge is 0.323 e. The monoisotopic (exact) mass is 274 g/mol. The molecular weight excluding hydrogens is 248 g/mol. The summed E-state index contributed by atoms with van der Waals surface area (Å²) in [6.45, 7) is 3.43. The van der Waals surface area contributed by atoms with Crippen molar-refractivity contribution in [1.29, 1.82) is 0 Å². The van der Waals surface area contributed by atoms with E-state index in [-0.39, 0.29) is 5.97 Å². The van der Waals surface area contributed by atoms with Gasteiger partial charge in [-0.1, -0.05) is 6.42 Å². The maximum Gasteiger partial charge on any atom is 0.323 e.